The van der Waals surface area contributed by atoms with E-state index in [0.717, 1.165) is 22.3 Å². The summed E-state index contributed by atoms with van der Waals surface area (Å²) in [7, 11) is 1.55. The molecule has 0 bridgehead atoms. The molecule has 0 radical (unpaired) electrons. The van der Waals surface area contributed by atoms with Gasteiger partial charge in [0.2, 0.25) is 0 Å². The van der Waals surface area contributed by atoms with Crippen molar-refractivity contribution in [1.82, 2.24) is 9.97 Å². The Morgan fingerprint density at radius 1 is 0.737 bits per heavy atom. The van der Waals surface area contributed by atoms with E-state index in [2.05, 4.69) is 9.97 Å². The molecule has 0 saturated heterocycles. The maximum absolute atomic E-state index is 12.5. The van der Waals surface area contributed by atoms with Gasteiger partial charge in [0.1, 0.15) is 19.0 Å². The lowest BCUT2D eigenvalue weighted by atomic mass is 9.94. The van der Waals surface area contributed by atoms with Crippen LogP contribution in [-0.4, -0.2) is 34.1 Å². The van der Waals surface area contributed by atoms with Crippen LogP contribution in [0.5, 0.6) is 5.75 Å². The van der Waals surface area contributed by atoms with Gasteiger partial charge in [-0.1, -0.05) is 36.4 Å². The maximum atomic E-state index is 12.5. The van der Waals surface area contributed by atoms with Crippen molar-refractivity contribution in [3.63, 3.8) is 0 Å². The van der Waals surface area contributed by atoms with Gasteiger partial charge in [0.15, 0.2) is 0 Å². The molecule has 0 aliphatic carbocycles. The summed E-state index contributed by atoms with van der Waals surface area (Å²) in [5.74, 6) is -0.186. The molecule has 8 nitrogen and oxygen atoms in total. The SMILES string of the molecule is COc1ccc(CC(=O)OCc2cccnc2)cc1-c1cc(CC(=O)OCc2cccnc2)ccc1CO. The van der Waals surface area contributed by atoms with E-state index in [0.29, 0.717) is 22.4 Å². The lowest BCUT2D eigenvalue weighted by Gasteiger charge is -2.15. The monoisotopic (exact) mass is 512 g/mol. The summed E-state index contributed by atoms with van der Waals surface area (Å²) in [4.78, 5) is 33.0. The summed E-state index contributed by atoms with van der Waals surface area (Å²) in [5, 5.41) is 10.0. The van der Waals surface area contributed by atoms with Gasteiger partial charge >= 0.3 is 11.9 Å². The van der Waals surface area contributed by atoms with Crippen molar-refractivity contribution >= 4 is 11.9 Å². The first-order chi connectivity index (χ1) is 18.6. The lowest BCUT2D eigenvalue weighted by molar-refractivity contribution is -0.145. The topological polar surface area (TPSA) is 108 Å². The van der Waals surface area contributed by atoms with Gasteiger partial charge in [-0.25, -0.2) is 0 Å². The maximum Gasteiger partial charge on any atom is 0.310 e. The number of esters is 2. The van der Waals surface area contributed by atoms with Crippen LogP contribution >= 0.6 is 0 Å². The molecule has 2 heterocycles. The number of ether oxygens (including phenoxy) is 3. The van der Waals surface area contributed by atoms with Crippen LogP contribution < -0.4 is 4.74 Å². The normalized spacial score (nSPS) is 10.6. The van der Waals surface area contributed by atoms with Crippen LogP contribution in [0.15, 0.2) is 85.5 Å². The molecule has 8 heteroatoms. The Balaban J connectivity index is 1.50. The van der Waals surface area contributed by atoms with E-state index < -0.39 is 0 Å². The third-order valence-corrected chi connectivity index (χ3v) is 5.84. The third-order valence-electron chi connectivity index (χ3n) is 5.84. The van der Waals surface area contributed by atoms with Crippen molar-refractivity contribution < 1.29 is 28.9 Å². The van der Waals surface area contributed by atoms with E-state index in [1.807, 2.05) is 24.3 Å². The van der Waals surface area contributed by atoms with E-state index in [-0.39, 0.29) is 44.6 Å². The third kappa shape index (κ3) is 7.24. The van der Waals surface area contributed by atoms with E-state index in [4.69, 9.17) is 14.2 Å². The number of aromatic nitrogens is 2. The number of nitrogens with zero attached hydrogens (tertiary/aromatic N) is 2. The van der Waals surface area contributed by atoms with E-state index in [1.54, 1.807) is 68.3 Å². The molecule has 4 rings (SSSR count). The number of aliphatic hydroxyl groups excluding tert-OH is 1. The number of carbonyl (C=O) groups excluding carboxylic acids is 2. The average molecular weight is 513 g/mol. The molecule has 38 heavy (non-hydrogen) atoms. The minimum atomic E-state index is -0.381. The molecule has 0 aliphatic rings. The van der Waals surface area contributed by atoms with Crippen LogP contribution in [0.2, 0.25) is 0 Å². The number of methoxy groups -OCH3 is 1. The van der Waals surface area contributed by atoms with Crippen molar-refractivity contribution in [1.29, 1.82) is 0 Å². The molecule has 0 fully saturated rings. The van der Waals surface area contributed by atoms with Gasteiger partial charge in [-0.2, -0.15) is 0 Å². The summed E-state index contributed by atoms with van der Waals surface area (Å²) >= 11 is 0. The Bertz CT molecular complexity index is 1270. The molecule has 2 aromatic heterocycles. The average Bonchev–Trinajstić information content (AvgIpc) is 2.96. The van der Waals surface area contributed by atoms with Gasteiger partial charge in [0.05, 0.1) is 26.6 Å². The molecule has 0 aliphatic heterocycles. The lowest BCUT2D eigenvalue weighted by Crippen LogP contribution is -2.09. The molecule has 4 aromatic rings. The molecule has 0 spiro atoms. The van der Waals surface area contributed by atoms with Gasteiger partial charge in [-0.15, -0.1) is 0 Å². The van der Waals surface area contributed by atoms with E-state index in [1.165, 1.54) is 0 Å². The highest BCUT2D eigenvalue weighted by Crippen LogP contribution is 2.34. The number of hydrogen-bond donors (Lipinski definition) is 1. The number of rotatable bonds is 11. The summed E-state index contributed by atoms with van der Waals surface area (Å²) in [5.41, 5.74) is 5.11. The number of aliphatic hydroxyl groups is 1. The summed E-state index contributed by atoms with van der Waals surface area (Å²) in [6, 6.07) is 18.0. The fourth-order valence-corrected chi connectivity index (χ4v) is 3.93. The van der Waals surface area contributed by atoms with Crippen molar-refractivity contribution in [2.24, 2.45) is 0 Å². The molecule has 0 atom stereocenters. The van der Waals surface area contributed by atoms with Crippen molar-refractivity contribution in [2.75, 3.05) is 7.11 Å². The van der Waals surface area contributed by atoms with Gasteiger partial charge in [0, 0.05) is 41.5 Å². The zero-order valence-electron chi connectivity index (χ0n) is 21.0. The molecular weight excluding hydrogens is 484 g/mol. The summed E-state index contributed by atoms with van der Waals surface area (Å²) in [6.45, 7) is 0.0753. The Kier molecular flexibility index (Phi) is 9.15. The standard InChI is InChI=1S/C30H28N2O6/c1-36-28-9-7-22(15-30(35)38-20-24-5-3-11-32-17-24)13-27(28)26-12-21(6-8-25(26)18-33)14-29(34)37-19-23-4-2-10-31-16-23/h2-13,16-17,33H,14-15,18-20H2,1H3. The second kappa shape index (κ2) is 13.1. The van der Waals surface area contributed by atoms with Crippen molar-refractivity contribution in [3.05, 3.63) is 113 Å². The Labute approximate surface area is 220 Å². The Morgan fingerprint density at radius 2 is 1.29 bits per heavy atom. The van der Waals surface area contributed by atoms with Gasteiger partial charge < -0.3 is 19.3 Å². The first kappa shape index (κ1) is 26.5. The molecule has 1 N–H and O–H groups in total. The highest BCUT2D eigenvalue weighted by atomic mass is 16.5. The number of benzene rings is 2. The molecule has 0 unspecified atom stereocenters. The van der Waals surface area contributed by atoms with Crippen LogP contribution in [0, 0.1) is 0 Å². The number of pyridine rings is 2. The molecule has 2 aromatic carbocycles. The minimum Gasteiger partial charge on any atom is -0.496 e. The van der Waals surface area contributed by atoms with Crippen LogP contribution in [-0.2, 0) is 51.7 Å². The minimum absolute atomic E-state index is 0.0572. The predicted molar refractivity (Wildman–Crippen MR) is 140 cm³/mol. The zero-order valence-corrected chi connectivity index (χ0v) is 21.0. The van der Waals surface area contributed by atoms with Crippen LogP contribution in [0.4, 0.5) is 0 Å². The van der Waals surface area contributed by atoms with Crippen molar-refractivity contribution in [2.45, 2.75) is 32.7 Å². The molecule has 194 valence electrons. The first-order valence-electron chi connectivity index (χ1n) is 12.0. The van der Waals surface area contributed by atoms with Crippen LogP contribution in [0.3, 0.4) is 0 Å². The largest absolute Gasteiger partial charge is 0.496 e. The Hall–Kier alpha value is -4.56. The van der Waals surface area contributed by atoms with Gasteiger partial charge in [-0.3, -0.25) is 19.6 Å². The van der Waals surface area contributed by atoms with Gasteiger partial charge in [0.25, 0.3) is 0 Å². The van der Waals surface area contributed by atoms with Crippen LogP contribution in [0.1, 0.15) is 27.8 Å². The quantitative estimate of drug-likeness (QED) is 0.298. The fraction of sp³-hybridized carbons (Fsp3) is 0.200. The number of hydrogen-bond acceptors (Lipinski definition) is 8. The van der Waals surface area contributed by atoms with Gasteiger partial charge in [-0.05, 0) is 46.5 Å². The Morgan fingerprint density at radius 3 is 1.79 bits per heavy atom. The first-order valence-corrected chi connectivity index (χ1v) is 12.0. The highest BCUT2D eigenvalue weighted by molar-refractivity contribution is 5.79. The number of carbonyl (C=O) groups is 2. The predicted octanol–water partition coefficient (Wildman–Crippen LogP) is 4.22. The zero-order chi connectivity index (χ0) is 26.7. The smallest absolute Gasteiger partial charge is 0.310 e. The second-order valence-corrected chi connectivity index (χ2v) is 8.58. The molecular formula is C30H28N2O6. The highest BCUT2D eigenvalue weighted by Gasteiger charge is 2.16. The summed E-state index contributed by atoms with van der Waals surface area (Å²) < 4.78 is 16.4. The molecule has 0 saturated carbocycles. The van der Waals surface area contributed by atoms with E-state index in [9.17, 15) is 14.7 Å². The molecule has 0 amide bonds. The van der Waals surface area contributed by atoms with Crippen molar-refractivity contribution in [3.8, 4) is 16.9 Å². The second-order valence-electron chi connectivity index (χ2n) is 8.58. The van der Waals surface area contributed by atoms with E-state index >= 15 is 0 Å². The summed E-state index contributed by atoms with van der Waals surface area (Å²) in [6.07, 6.45) is 6.73. The fourth-order valence-electron chi connectivity index (χ4n) is 3.93. The van der Waals surface area contributed by atoms with Crippen LogP contribution in [0.25, 0.3) is 11.1 Å².